The molecule has 0 atom stereocenters. The maximum absolute atomic E-state index is 14.0. The number of para-hydroxylation sites is 1. The van der Waals surface area contributed by atoms with Gasteiger partial charge in [0.15, 0.2) is 0 Å². The fourth-order valence-electron chi connectivity index (χ4n) is 5.79. The molecule has 0 radical (unpaired) electrons. The molecule has 0 saturated carbocycles. The molecule has 0 N–H and O–H groups in total. The lowest BCUT2D eigenvalue weighted by Crippen LogP contribution is -2.57. The van der Waals surface area contributed by atoms with E-state index in [1.807, 2.05) is 66.7 Å². The Morgan fingerprint density at radius 2 is 1.38 bits per heavy atom. The highest BCUT2D eigenvalue weighted by atomic mass is 16.2. The molecule has 1 spiro atoms. The van der Waals surface area contributed by atoms with Crippen molar-refractivity contribution in [3.63, 3.8) is 0 Å². The normalized spacial score (nSPS) is 19.3. The smallest absolute Gasteiger partial charge is 0.250 e. The van der Waals surface area contributed by atoms with Crippen molar-refractivity contribution in [2.75, 3.05) is 57.4 Å². The van der Waals surface area contributed by atoms with Crippen LogP contribution in [0.3, 0.4) is 0 Å². The fourth-order valence-corrected chi connectivity index (χ4v) is 5.79. The number of likely N-dealkylation sites (tertiary alicyclic amines) is 1. The molecular formula is C30H35N5O4. The van der Waals surface area contributed by atoms with Crippen molar-refractivity contribution in [2.24, 2.45) is 0 Å². The van der Waals surface area contributed by atoms with Gasteiger partial charge in [0.1, 0.15) is 12.1 Å². The van der Waals surface area contributed by atoms with Gasteiger partial charge in [-0.3, -0.25) is 19.2 Å². The lowest BCUT2D eigenvalue weighted by molar-refractivity contribution is -0.143. The highest BCUT2D eigenvalue weighted by Crippen LogP contribution is 2.39. The average Bonchev–Trinajstić information content (AvgIpc) is 3.23. The van der Waals surface area contributed by atoms with Crippen LogP contribution >= 0.6 is 0 Å². The SMILES string of the molecule is CC(=O)N1CCN(C(=O)CN2CN(c3ccccc3)C3(CCN(C(=O)C=Cc4ccccc4)CC3)C2=O)CC1. The number of carbonyl (C=O) groups is 4. The maximum Gasteiger partial charge on any atom is 0.250 e. The molecule has 0 unspecified atom stereocenters. The predicted molar refractivity (Wildman–Crippen MR) is 148 cm³/mol. The van der Waals surface area contributed by atoms with Crippen LogP contribution in [0.2, 0.25) is 0 Å². The molecule has 3 fully saturated rings. The molecule has 2 aromatic carbocycles. The maximum atomic E-state index is 14.0. The number of nitrogens with zero attached hydrogens (tertiary/aromatic N) is 5. The van der Waals surface area contributed by atoms with Gasteiger partial charge in [0.2, 0.25) is 17.7 Å². The number of carbonyl (C=O) groups excluding carboxylic acids is 4. The summed E-state index contributed by atoms with van der Waals surface area (Å²) in [7, 11) is 0. The second-order valence-corrected chi connectivity index (χ2v) is 10.4. The Hall–Kier alpha value is -4.14. The van der Waals surface area contributed by atoms with Gasteiger partial charge in [-0.15, -0.1) is 0 Å². The Morgan fingerprint density at radius 3 is 2.00 bits per heavy atom. The zero-order valence-corrected chi connectivity index (χ0v) is 22.4. The minimum Gasteiger partial charge on any atom is -0.339 e. The molecule has 3 aliphatic rings. The third kappa shape index (κ3) is 5.53. The first-order valence-corrected chi connectivity index (χ1v) is 13.5. The van der Waals surface area contributed by atoms with Crippen LogP contribution in [0.15, 0.2) is 66.7 Å². The molecule has 2 aromatic rings. The largest absolute Gasteiger partial charge is 0.339 e. The second-order valence-electron chi connectivity index (χ2n) is 10.4. The molecule has 204 valence electrons. The molecule has 9 heteroatoms. The quantitative estimate of drug-likeness (QED) is 0.554. The van der Waals surface area contributed by atoms with E-state index in [-0.39, 0.29) is 30.2 Å². The van der Waals surface area contributed by atoms with Crippen LogP contribution in [0.1, 0.15) is 25.3 Å². The molecule has 39 heavy (non-hydrogen) atoms. The van der Waals surface area contributed by atoms with Gasteiger partial charge in [0.25, 0.3) is 5.91 Å². The van der Waals surface area contributed by atoms with Crippen molar-refractivity contribution in [1.29, 1.82) is 0 Å². The third-order valence-electron chi connectivity index (χ3n) is 8.11. The monoisotopic (exact) mass is 529 g/mol. The summed E-state index contributed by atoms with van der Waals surface area (Å²) in [5.74, 6) is -0.218. The van der Waals surface area contributed by atoms with Crippen LogP contribution in [0.5, 0.6) is 0 Å². The first-order chi connectivity index (χ1) is 18.9. The van der Waals surface area contributed by atoms with E-state index in [2.05, 4.69) is 4.90 Å². The fraction of sp³-hybridized carbons (Fsp3) is 0.400. The Morgan fingerprint density at radius 1 is 0.795 bits per heavy atom. The van der Waals surface area contributed by atoms with Gasteiger partial charge in [-0.05, 0) is 36.6 Å². The average molecular weight is 530 g/mol. The number of rotatable bonds is 5. The molecule has 3 heterocycles. The van der Waals surface area contributed by atoms with Crippen LogP contribution in [-0.2, 0) is 19.2 Å². The van der Waals surface area contributed by atoms with Crippen molar-refractivity contribution in [1.82, 2.24) is 19.6 Å². The number of hydrogen-bond donors (Lipinski definition) is 0. The van der Waals surface area contributed by atoms with Crippen molar-refractivity contribution < 1.29 is 19.2 Å². The van der Waals surface area contributed by atoms with Crippen LogP contribution < -0.4 is 4.90 Å². The first-order valence-electron chi connectivity index (χ1n) is 13.5. The number of piperazine rings is 1. The van der Waals surface area contributed by atoms with Crippen LogP contribution in [-0.4, -0.2) is 101 Å². The number of anilines is 1. The molecule has 0 aliphatic carbocycles. The summed E-state index contributed by atoms with van der Waals surface area (Å²) in [5, 5.41) is 0. The summed E-state index contributed by atoms with van der Waals surface area (Å²) in [6.45, 7) is 4.76. The second kappa shape index (κ2) is 11.3. The number of amides is 4. The minimum absolute atomic E-state index is 0.00640. The Bertz CT molecular complexity index is 1230. The molecule has 5 rings (SSSR count). The van der Waals surface area contributed by atoms with Crippen molar-refractivity contribution in [3.05, 3.63) is 72.3 Å². The van der Waals surface area contributed by atoms with Crippen LogP contribution in [0, 0.1) is 0 Å². The first kappa shape index (κ1) is 26.5. The Kier molecular flexibility index (Phi) is 7.67. The molecule has 9 nitrogen and oxygen atoms in total. The summed E-state index contributed by atoms with van der Waals surface area (Å²) >= 11 is 0. The summed E-state index contributed by atoms with van der Waals surface area (Å²) in [4.78, 5) is 60.7. The predicted octanol–water partition coefficient (Wildman–Crippen LogP) is 2.06. The van der Waals surface area contributed by atoms with Gasteiger partial charge in [0.05, 0.1) is 6.67 Å². The zero-order chi connectivity index (χ0) is 27.4. The van der Waals surface area contributed by atoms with Gasteiger partial charge in [-0.25, -0.2) is 0 Å². The van der Waals surface area contributed by atoms with Crippen molar-refractivity contribution >= 4 is 35.4 Å². The topological polar surface area (TPSA) is 84.5 Å². The van der Waals surface area contributed by atoms with E-state index in [0.717, 1.165) is 11.3 Å². The Balaban J connectivity index is 1.28. The van der Waals surface area contributed by atoms with Gasteiger partial charge < -0.3 is 24.5 Å². The van der Waals surface area contributed by atoms with Crippen molar-refractivity contribution in [2.45, 2.75) is 25.3 Å². The molecular weight excluding hydrogens is 494 g/mol. The summed E-state index contributed by atoms with van der Waals surface area (Å²) < 4.78 is 0. The summed E-state index contributed by atoms with van der Waals surface area (Å²) in [5.41, 5.74) is 1.10. The number of piperidine rings is 1. The molecule has 3 saturated heterocycles. The van der Waals surface area contributed by atoms with Crippen molar-refractivity contribution in [3.8, 4) is 0 Å². The van der Waals surface area contributed by atoms with Gasteiger partial charge in [0, 0.05) is 58.0 Å². The zero-order valence-electron chi connectivity index (χ0n) is 22.4. The number of hydrogen-bond acceptors (Lipinski definition) is 5. The van der Waals surface area contributed by atoms with E-state index in [9.17, 15) is 19.2 Å². The highest BCUT2D eigenvalue weighted by Gasteiger charge is 2.54. The van der Waals surface area contributed by atoms with Gasteiger partial charge in [-0.1, -0.05) is 48.5 Å². The lowest BCUT2D eigenvalue weighted by atomic mass is 9.85. The van der Waals surface area contributed by atoms with E-state index in [1.165, 1.54) is 6.92 Å². The van der Waals surface area contributed by atoms with E-state index >= 15 is 0 Å². The van der Waals surface area contributed by atoms with Gasteiger partial charge >= 0.3 is 0 Å². The van der Waals surface area contributed by atoms with E-state index in [1.54, 1.807) is 25.7 Å². The standard InChI is InChI=1S/C30H35N5O4/c1-24(36)31-18-20-33(21-19-31)28(38)22-34-23-35(26-10-6-3-7-11-26)30(29(34)39)14-16-32(17-15-30)27(37)13-12-25-8-4-2-5-9-25/h2-13H,14-23H2,1H3. The molecule has 4 amide bonds. The Labute approximate surface area is 229 Å². The number of benzene rings is 2. The van der Waals surface area contributed by atoms with Gasteiger partial charge in [-0.2, -0.15) is 0 Å². The van der Waals surface area contributed by atoms with Crippen LogP contribution in [0.4, 0.5) is 5.69 Å². The van der Waals surface area contributed by atoms with E-state index in [4.69, 9.17) is 0 Å². The van der Waals surface area contributed by atoms with Crippen LogP contribution in [0.25, 0.3) is 6.08 Å². The molecule has 3 aliphatic heterocycles. The highest BCUT2D eigenvalue weighted by molar-refractivity contribution is 5.97. The molecule has 0 aromatic heterocycles. The van der Waals surface area contributed by atoms with E-state index in [0.29, 0.717) is 58.8 Å². The lowest BCUT2D eigenvalue weighted by Gasteiger charge is -2.43. The summed E-state index contributed by atoms with van der Waals surface area (Å²) in [6.07, 6.45) is 4.39. The summed E-state index contributed by atoms with van der Waals surface area (Å²) in [6, 6.07) is 19.5. The third-order valence-corrected chi connectivity index (χ3v) is 8.11. The minimum atomic E-state index is -0.797. The van der Waals surface area contributed by atoms with E-state index < -0.39 is 5.54 Å². The molecule has 0 bridgehead atoms.